The van der Waals surface area contributed by atoms with Crippen molar-refractivity contribution in [2.75, 3.05) is 66.0 Å². The molecule has 5 heteroatoms. The van der Waals surface area contributed by atoms with Gasteiger partial charge in [0.05, 0.1) is 0 Å². The van der Waals surface area contributed by atoms with Crippen molar-refractivity contribution in [3.8, 4) is 0 Å². The molecule has 0 unspecified atom stereocenters. The van der Waals surface area contributed by atoms with E-state index in [-0.39, 0.29) is 0 Å². The molecule has 0 aromatic rings. The average Bonchev–Trinajstić information content (AvgIpc) is 2.80. The molecule has 0 aromatic carbocycles. The quantitative estimate of drug-likeness (QED) is 0.141. The number of hydrogen-bond donors (Lipinski definition) is 0. The summed E-state index contributed by atoms with van der Waals surface area (Å²) in [5.74, 6) is 0. The molecule has 1 fully saturated rings. The molecule has 0 saturated carbocycles. The van der Waals surface area contributed by atoms with E-state index in [1.54, 1.807) is 0 Å². The van der Waals surface area contributed by atoms with E-state index in [0.717, 1.165) is 0 Å². The lowest BCUT2D eigenvalue weighted by Gasteiger charge is -2.36. The molecule has 0 aromatic heterocycles. The molecular formula is C27H59N3OSi. The Morgan fingerprint density at radius 3 is 1.66 bits per heavy atom. The summed E-state index contributed by atoms with van der Waals surface area (Å²) in [7, 11) is 0.570. The van der Waals surface area contributed by atoms with Crippen LogP contribution in [0.1, 0.15) is 90.9 Å². The van der Waals surface area contributed by atoms with Gasteiger partial charge in [0.15, 0.2) is 8.32 Å². The third kappa shape index (κ3) is 15.8. The summed E-state index contributed by atoms with van der Waals surface area (Å²) in [4.78, 5) is 8.17. The van der Waals surface area contributed by atoms with Gasteiger partial charge in [0.2, 0.25) is 0 Å². The topological polar surface area (TPSA) is 19.0 Å². The Labute approximate surface area is 203 Å². The Morgan fingerprint density at radius 1 is 0.625 bits per heavy atom. The highest BCUT2D eigenvalue weighted by Crippen LogP contribution is 2.16. The highest BCUT2D eigenvalue weighted by molar-refractivity contribution is 6.71. The van der Waals surface area contributed by atoms with Crippen molar-refractivity contribution in [3.63, 3.8) is 0 Å². The summed E-state index contributed by atoms with van der Waals surface area (Å²) >= 11 is 0. The lowest BCUT2D eigenvalue weighted by molar-refractivity contribution is 0.116. The Balaban J connectivity index is 2.05. The number of unbranched alkanes of at least 4 members (excludes halogenated alkanes) is 9. The summed E-state index contributed by atoms with van der Waals surface area (Å²) in [5.41, 5.74) is 0. The van der Waals surface area contributed by atoms with Crippen molar-refractivity contribution < 1.29 is 4.43 Å². The van der Waals surface area contributed by atoms with Crippen LogP contribution in [0.3, 0.4) is 0 Å². The van der Waals surface area contributed by atoms with E-state index in [4.69, 9.17) is 4.43 Å². The van der Waals surface area contributed by atoms with E-state index in [2.05, 4.69) is 41.6 Å². The molecule has 0 bridgehead atoms. The van der Waals surface area contributed by atoms with E-state index in [1.807, 2.05) is 7.11 Å². The van der Waals surface area contributed by atoms with Crippen LogP contribution in [0.4, 0.5) is 0 Å². The van der Waals surface area contributed by atoms with Crippen molar-refractivity contribution in [1.82, 2.24) is 14.7 Å². The van der Waals surface area contributed by atoms with Crippen molar-refractivity contribution in [2.45, 2.75) is 110 Å². The summed E-state index contributed by atoms with van der Waals surface area (Å²) in [5, 5.41) is 0. The standard InChI is InChI=1S/C27H59N3OSi/c1-6-8-14-18-28(19-15-9-7-2)21-24-30-25-22-29(23-26-30)20-16-12-10-11-13-17-27-32(4,5)31-3/h6-27H2,1-5H3. The van der Waals surface area contributed by atoms with Crippen LogP contribution < -0.4 is 0 Å². The molecular weight excluding hydrogens is 410 g/mol. The average molecular weight is 470 g/mol. The molecule has 0 spiro atoms. The van der Waals surface area contributed by atoms with E-state index >= 15 is 0 Å². The zero-order valence-electron chi connectivity index (χ0n) is 22.8. The van der Waals surface area contributed by atoms with Crippen molar-refractivity contribution in [2.24, 2.45) is 0 Å². The summed E-state index contributed by atoms with van der Waals surface area (Å²) in [6.45, 7) is 20.9. The molecule has 1 saturated heterocycles. The third-order valence-electron chi connectivity index (χ3n) is 7.41. The first-order valence-corrected chi connectivity index (χ1v) is 17.3. The molecule has 4 nitrogen and oxygen atoms in total. The molecule has 0 amide bonds. The third-order valence-corrected chi connectivity index (χ3v) is 10.1. The fraction of sp³-hybridized carbons (Fsp3) is 1.00. The maximum atomic E-state index is 5.65. The summed E-state index contributed by atoms with van der Waals surface area (Å²) in [6.07, 6.45) is 16.6. The number of hydrogen-bond acceptors (Lipinski definition) is 4. The van der Waals surface area contributed by atoms with E-state index in [0.29, 0.717) is 0 Å². The number of nitrogens with zero attached hydrogens (tertiary/aromatic N) is 3. The van der Waals surface area contributed by atoms with Gasteiger partial charge in [-0.1, -0.05) is 71.6 Å². The van der Waals surface area contributed by atoms with Gasteiger partial charge in [-0.2, -0.15) is 0 Å². The van der Waals surface area contributed by atoms with Gasteiger partial charge in [0, 0.05) is 46.4 Å². The Bertz CT molecular complexity index is 404. The van der Waals surface area contributed by atoms with Crippen molar-refractivity contribution >= 4 is 8.32 Å². The zero-order valence-corrected chi connectivity index (χ0v) is 23.8. The largest absolute Gasteiger partial charge is 0.420 e. The van der Waals surface area contributed by atoms with Crippen LogP contribution in [0.25, 0.3) is 0 Å². The van der Waals surface area contributed by atoms with Gasteiger partial charge in [0.1, 0.15) is 0 Å². The van der Waals surface area contributed by atoms with Gasteiger partial charge >= 0.3 is 0 Å². The molecule has 32 heavy (non-hydrogen) atoms. The second kappa shape index (κ2) is 19.4. The second-order valence-corrected chi connectivity index (χ2v) is 15.2. The van der Waals surface area contributed by atoms with Crippen LogP contribution in [0, 0.1) is 0 Å². The van der Waals surface area contributed by atoms with Gasteiger partial charge in [-0.05, 0) is 58.0 Å². The van der Waals surface area contributed by atoms with Gasteiger partial charge in [0.25, 0.3) is 0 Å². The first-order chi connectivity index (χ1) is 15.5. The molecule has 0 N–H and O–H groups in total. The fourth-order valence-corrected chi connectivity index (χ4v) is 6.03. The Morgan fingerprint density at radius 2 is 1.12 bits per heavy atom. The number of piperazine rings is 1. The smallest absolute Gasteiger partial charge is 0.186 e. The first-order valence-electron chi connectivity index (χ1n) is 14.2. The van der Waals surface area contributed by atoms with Crippen LogP contribution in [0.15, 0.2) is 0 Å². The maximum Gasteiger partial charge on any atom is 0.186 e. The van der Waals surface area contributed by atoms with Crippen LogP contribution in [-0.2, 0) is 4.43 Å². The molecule has 1 rings (SSSR count). The van der Waals surface area contributed by atoms with Gasteiger partial charge in [-0.15, -0.1) is 0 Å². The molecule has 1 aliphatic rings. The lowest BCUT2D eigenvalue weighted by atomic mass is 10.1. The lowest BCUT2D eigenvalue weighted by Crippen LogP contribution is -2.48. The normalized spacial score (nSPS) is 16.3. The number of rotatable bonds is 21. The zero-order chi connectivity index (χ0) is 23.5. The van der Waals surface area contributed by atoms with Crippen molar-refractivity contribution in [1.29, 1.82) is 0 Å². The molecule has 1 heterocycles. The summed E-state index contributed by atoms with van der Waals surface area (Å²) < 4.78 is 5.65. The molecule has 1 aliphatic heterocycles. The van der Waals surface area contributed by atoms with Crippen LogP contribution >= 0.6 is 0 Å². The SMILES string of the molecule is CCCCCN(CCCCC)CCN1CCN(CCCCCCCC[Si](C)(C)OC)CC1. The Kier molecular flexibility index (Phi) is 18.2. The van der Waals surface area contributed by atoms with Crippen molar-refractivity contribution in [3.05, 3.63) is 0 Å². The Hall–Kier alpha value is 0.0569. The molecule has 0 atom stereocenters. The molecule has 0 aliphatic carbocycles. The first kappa shape index (κ1) is 30.1. The molecule has 192 valence electrons. The van der Waals surface area contributed by atoms with Gasteiger partial charge < -0.3 is 14.2 Å². The molecule has 0 radical (unpaired) electrons. The van der Waals surface area contributed by atoms with Gasteiger partial charge in [-0.3, -0.25) is 4.90 Å². The summed E-state index contributed by atoms with van der Waals surface area (Å²) in [6, 6.07) is 1.32. The van der Waals surface area contributed by atoms with Crippen LogP contribution in [0.5, 0.6) is 0 Å². The fourth-order valence-electron chi connectivity index (χ4n) is 4.72. The minimum absolute atomic E-state index is 1.27. The highest BCUT2D eigenvalue weighted by Gasteiger charge is 2.19. The predicted molar refractivity (Wildman–Crippen MR) is 145 cm³/mol. The minimum atomic E-state index is -1.32. The predicted octanol–water partition coefficient (Wildman–Crippen LogP) is 6.48. The highest BCUT2D eigenvalue weighted by atomic mass is 28.4. The van der Waals surface area contributed by atoms with E-state index in [1.165, 1.54) is 142 Å². The second-order valence-electron chi connectivity index (χ2n) is 10.8. The minimum Gasteiger partial charge on any atom is -0.420 e. The van der Waals surface area contributed by atoms with E-state index in [9.17, 15) is 0 Å². The van der Waals surface area contributed by atoms with Crippen LogP contribution in [-0.4, -0.2) is 89.0 Å². The monoisotopic (exact) mass is 469 g/mol. The van der Waals surface area contributed by atoms with Crippen LogP contribution in [0.2, 0.25) is 19.1 Å². The van der Waals surface area contributed by atoms with E-state index < -0.39 is 8.32 Å². The maximum absolute atomic E-state index is 5.65. The van der Waals surface area contributed by atoms with Gasteiger partial charge in [-0.25, -0.2) is 0 Å².